The zero-order chi connectivity index (χ0) is 30.5. The molecule has 1 nitrogen and oxygen atoms in total. The summed E-state index contributed by atoms with van der Waals surface area (Å²) in [4.78, 5) is 0. The van der Waals surface area contributed by atoms with Crippen LogP contribution in [0.3, 0.4) is 0 Å². The minimum Gasteiger partial charge on any atom is -0.455 e. The number of hydrogen-bond acceptors (Lipinski definition) is 1. The predicted octanol–water partition coefficient (Wildman–Crippen LogP) is 12.4. The van der Waals surface area contributed by atoms with Gasteiger partial charge in [0, 0.05) is 16.3 Å². The molecular formula is C41H25F3O. The Kier molecular flexibility index (Phi) is 6.31. The van der Waals surface area contributed by atoms with E-state index in [0.717, 1.165) is 89.4 Å². The molecule has 8 rings (SSSR count). The maximum Gasteiger partial charge on any atom is 0.416 e. The molecule has 0 N–H and O–H groups in total. The zero-order valence-corrected chi connectivity index (χ0v) is 24.0. The van der Waals surface area contributed by atoms with Gasteiger partial charge < -0.3 is 4.42 Å². The number of fused-ring (bicyclic) bond motifs is 4. The Morgan fingerprint density at radius 2 is 0.867 bits per heavy atom. The average molecular weight is 591 g/mol. The number of para-hydroxylation sites is 2. The van der Waals surface area contributed by atoms with Crippen LogP contribution in [-0.2, 0) is 6.18 Å². The smallest absolute Gasteiger partial charge is 0.416 e. The van der Waals surface area contributed by atoms with E-state index in [2.05, 4.69) is 84.9 Å². The van der Waals surface area contributed by atoms with Gasteiger partial charge in [-0.1, -0.05) is 121 Å². The molecule has 0 saturated carbocycles. The molecule has 0 fully saturated rings. The van der Waals surface area contributed by atoms with Crippen LogP contribution in [0, 0.1) is 0 Å². The lowest BCUT2D eigenvalue weighted by Gasteiger charge is -2.10. The van der Waals surface area contributed by atoms with Crippen LogP contribution >= 0.6 is 0 Å². The molecule has 0 spiro atoms. The second-order valence-corrected chi connectivity index (χ2v) is 11.3. The summed E-state index contributed by atoms with van der Waals surface area (Å²) in [6.07, 6.45) is -4.34. The minimum atomic E-state index is -4.34. The third-order valence-corrected chi connectivity index (χ3v) is 8.54. The highest BCUT2D eigenvalue weighted by atomic mass is 19.4. The lowest BCUT2D eigenvalue weighted by Crippen LogP contribution is -2.03. The van der Waals surface area contributed by atoms with Crippen LogP contribution < -0.4 is 0 Å². The first-order chi connectivity index (χ1) is 21.9. The first-order valence-electron chi connectivity index (χ1n) is 14.7. The summed E-state index contributed by atoms with van der Waals surface area (Å²) in [5.74, 6) is 0. The Bertz CT molecular complexity index is 2330. The van der Waals surface area contributed by atoms with E-state index in [1.54, 1.807) is 0 Å². The summed E-state index contributed by atoms with van der Waals surface area (Å²) in [5, 5.41) is 4.53. The molecule has 0 saturated heterocycles. The summed E-state index contributed by atoms with van der Waals surface area (Å²) in [6, 6.07) is 49.2. The Labute approximate surface area is 257 Å². The van der Waals surface area contributed by atoms with Gasteiger partial charge >= 0.3 is 6.18 Å². The Morgan fingerprint density at radius 3 is 1.44 bits per heavy atom. The number of halogens is 3. The number of hydrogen-bond donors (Lipinski definition) is 0. The molecule has 0 aliphatic rings. The molecule has 7 aromatic carbocycles. The minimum absolute atomic E-state index is 0.643. The quantitative estimate of drug-likeness (QED) is 0.199. The highest BCUT2D eigenvalue weighted by Gasteiger charge is 2.30. The lowest BCUT2D eigenvalue weighted by molar-refractivity contribution is -0.137. The van der Waals surface area contributed by atoms with Crippen molar-refractivity contribution in [3.63, 3.8) is 0 Å². The summed E-state index contributed by atoms with van der Waals surface area (Å²) >= 11 is 0. The third kappa shape index (κ3) is 4.95. The number of alkyl halides is 3. The van der Waals surface area contributed by atoms with Gasteiger partial charge in [0.05, 0.1) is 5.56 Å². The molecule has 8 aromatic rings. The average Bonchev–Trinajstić information content (AvgIpc) is 3.47. The fraction of sp³-hybridized carbons (Fsp3) is 0.0244. The number of furan rings is 1. The molecule has 4 heteroatoms. The molecule has 0 bridgehead atoms. The van der Waals surface area contributed by atoms with E-state index >= 15 is 0 Å². The first-order valence-corrected chi connectivity index (χ1v) is 14.7. The second kappa shape index (κ2) is 10.5. The third-order valence-electron chi connectivity index (χ3n) is 8.54. The zero-order valence-electron chi connectivity index (χ0n) is 24.0. The van der Waals surface area contributed by atoms with Gasteiger partial charge in [0.1, 0.15) is 11.2 Å². The Balaban J connectivity index is 1.04. The van der Waals surface area contributed by atoms with Crippen molar-refractivity contribution < 1.29 is 17.6 Å². The molecule has 0 atom stereocenters. The molecule has 1 heterocycles. The molecule has 0 unspecified atom stereocenters. The van der Waals surface area contributed by atoms with Crippen LogP contribution in [0.25, 0.3) is 77.2 Å². The molecule has 1 aromatic heterocycles. The Hall–Kier alpha value is -5.61. The van der Waals surface area contributed by atoms with E-state index in [4.69, 9.17) is 4.42 Å². The van der Waals surface area contributed by atoms with Gasteiger partial charge in [-0.05, 0) is 80.0 Å². The molecule has 45 heavy (non-hydrogen) atoms. The fourth-order valence-electron chi connectivity index (χ4n) is 6.13. The molecule has 0 aliphatic carbocycles. The van der Waals surface area contributed by atoms with Crippen molar-refractivity contribution in [2.24, 2.45) is 0 Å². The van der Waals surface area contributed by atoms with E-state index in [-0.39, 0.29) is 0 Å². The van der Waals surface area contributed by atoms with Crippen molar-refractivity contribution in [1.29, 1.82) is 0 Å². The predicted molar refractivity (Wildman–Crippen MR) is 178 cm³/mol. The van der Waals surface area contributed by atoms with Crippen LogP contribution in [0.15, 0.2) is 156 Å². The lowest BCUT2D eigenvalue weighted by atomic mass is 9.95. The summed E-state index contributed by atoms with van der Waals surface area (Å²) < 4.78 is 45.0. The number of rotatable bonds is 4. The van der Waals surface area contributed by atoms with Crippen molar-refractivity contribution in [1.82, 2.24) is 0 Å². The standard InChI is InChI=1S/C41H25F3O/c42-41(43,44)35-22-20-27(21-23-35)26-8-10-28(11-9-26)31-16-18-34-25-32(17-19-33(34)24-31)29-12-14-30(15-13-29)36-5-3-6-38-37-4-1-2-7-39(37)45-40(36)38/h1-25H. The van der Waals surface area contributed by atoms with E-state index in [1.165, 1.54) is 12.1 Å². The van der Waals surface area contributed by atoms with Crippen LogP contribution in [0.2, 0.25) is 0 Å². The highest BCUT2D eigenvalue weighted by Crippen LogP contribution is 2.37. The van der Waals surface area contributed by atoms with Gasteiger partial charge in [0.25, 0.3) is 0 Å². The van der Waals surface area contributed by atoms with Crippen LogP contribution in [-0.4, -0.2) is 0 Å². The molecule has 0 amide bonds. The van der Waals surface area contributed by atoms with E-state index in [9.17, 15) is 13.2 Å². The van der Waals surface area contributed by atoms with Gasteiger partial charge in [-0.3, -0.25) is 0 Å². The normalized spacial score (nSPS) is 11.9. The maximum atomic E-state index is 12.9. The van der Waals surface area contributed by atoms with Crippen molar-refractivity contribution in [3.05, 3.63) is 157 Å². The Morgan fingerprint density at radius 1 is 0.400 bits per heavy atom. The van der Waals surface area contributed by atoms with Gasteiger partial charge in [0.2, 0.25) is 0 Å². The largest absolute Gasteiger partial charge is 0.455 e. The molecule has 0 radical (unpaired) electrons. The fourth-order valence-corrected chi connectivity index (χ4v) is 6.13. The number of benzene rings is 7. The maximum absolute atomic E-state index is 12.9. The summed E-state index contributed by atoms with van der Waals surface area (Å²) in [7, 11) is 0. The molecule has 216 valence electrons. The summed E-state index contributed by atoms with van der Waals surface area (Å²) in [5.41, 5.74) is 9.38. The van der Waals surface area contributed by atoms with E-state index < -0.39 is 11.7 Å². The van der Waals surface area contributed by atoms with Gasteiger partial charge in [-0.25, -0.2) is 0 Å². The van der Waals surface area contributed by atoms with Crippen LogP contribution in [0.1, 0.15) is 5.56 Å². The SMILES string of the molecule is FC(F)(F)c1ccc(-c2ccc(-c3ccc4cc(-c5ccc(-c6cccc7c6oc6ccccc67)cc5)ccc4c3)cc2)cc1. The van der Waals surface area contributed by atoms with E-state index in [0.29, 0.717) is 0 Å². The summed E-state index contributed by atoms with van der Waals surface area (Å²) in [6.45, 7) is 0. The van der Waals surface area contributed by atoms with Gasteiger partial charge in [-0.2, -0.15) is 13.2 Å². The second-order valence-electron chi connectivity index (χ2n) is 11.3. The van der Waals surface area contributed by atoms with Crippen molar-refractivity contribution in [2.45, 2.75) is 6.18 Å². The van der Waals surface area contributed by atoms with Gasteiger partial charge in [-0.15, -0.1) is 0 Å². The van der Waals surface area contributed by atoms with E-state index in [1.807, 2.05) is 42.5 Å². The van der Waals surface area contributed by atoms with Crippen LogP contribution in [0.4, 0.5) is 13.2 Å². The van der Waals surface area contributed by atoms with Crippen LogP contribution in [0.5, 0.6) is 0 Å². The van der Waals surface area contributed by atoms with Crippen molar-refractivity contribution in [3.8, 4) is 44.5 Å². The van der Waals surface area contributed by atoms with Crippen molar-refractivity contribution in [2.75, 3.05) is 0 Å². The van der Waals surface area contributed by atoms with Gasteiger partial charge in [0.15, 0.2) is 0 Å². The highest BCUT2D eigenvalue weighted by molar-refractivity contribution is 6.09. The monoisotopic (exact) mass is 590 g/mol. The molecular weight excluding hydrogens is 565 g/mol. The van der Waals surface area contributed by atoms with Crippen molar-refractivity contribution >= 4 is 32.7 Å². The topological polar surface area (TPSA) is 13.1 Å². The first kappa shape index (κ1) is 27.0. The molecule has 0 aliphatic heterocycles.